The number of hydrogen-bond donors (Lipinski definition) is 0. The average Bonchev–Trinajstić information content (AvgIpc) is 2.72. The Hall–Kier alpha value is -1.50. The summed E-state index contributed by atoms with van der Waals surface area (Å²) in [4.78, 5) is 0. The summed E-state index contributed by atoms with van der Waals surface area (Å²) in [5.74, 6) is 0. The summed E-state index contributed by atoms with van der Waals surface area (Å²) in [6.45, 7) is 2.25. The molecule has 3 rings (SSSR count). The van der Waals surface area contributed by atoms with Crippen molar-refractivity contribution in [2.24, 2.45) is 0 Å². The first kappa shape index (κ1) is 6.96. The molecule has 13 heavy (non-hydrogen) atoms. The van der Waals surface area contributed by atoms with Crippen molar-refractivity contribution in [3.63, 3.8) is 0 Å². The molecule has 1 heteroatoms. The van der Waals surface area contributed by atoms with Crippen LogP contribution in [0.5, 0.6) is 0 Å². The van der Waals surface area contributed by atoms with Crippen LogP contribution in [0, 0.1) is 0 Å². The number of hydrogen-bond acceptors (Lipinski definition) is 0. The van der Waals surface area contributed by atoms with Crippen LogP contribution < -0.4 is 0 Å². The minimum atomic E-state index is 0.501. The highest BCUT2D eigenvalue weighted by Gasteiger charge is 2.22. The summed E-state index contributed by atoms with van der Waals surface area (Å²) < 4.78 is 2.32. The second-order valence-electron chi connectivity index (χ2n) is 3.56. The molecule has 0 fully saturated rings. The smallest absolute Gasteiger partial charge is 0.0564 e. The van der Waals surface area contributed by atoms with Gasteiger partial charge in [-0.2, -0.15) is 0 Å². The minimum Gasteiger partial charge on any atom is -0.340 e. The van der Waals surface area contributed by atoms with Crippen LogP contribution in [0.15, 0.2) is 42.6 Å². The normalized spacial score (nSPS) is 18.4. The molecule has 0 bridgehead atoms. The van der Waals surface area contributed by atoms with Crippen LogP contribution in [-0.2, 0) is 0 Å². The molecule has 0 radical (unpaired) electrons. The molecule has 0 unspecified atom stereocenters. The summed E-state index contributed by atoms with van der Waals surface area (Å²) >= 11 is 0. The molecule has 1 atom stereocenters. The van der Waals surface area contributed by atoms with Crippen LogP contribution in [0.4, 0.5) is 0 Å². The SMILES string of the molecule is C[C@@H]1c2ccccc2-c2cccn21. The van der Waals surface area contributed by atoms with Gasteiger partial charge in [0.2, 0.25) is 0 Å². The summed E-state index contributed by atoms with van der Waals surface area (Å²) in [6, 6.07) is 13.4. The van der Waals surface area contributed by atoms with E-state index in [1.165, 1.54) is 16.8 Å². The van der Waals surface area contributed by atoms with E-state index in [-0.39, 0.29) is 0 Å². The molecule has 0 saturated heterocycles. The summed E-state index contributed by atoms with van der Waals surface area (Å²) in [5.41, 5.74) is 4.18. The molecule has 0 saturated carbocycles. The number of nitrogens with zero attached hydrogens (tertiary/aromatic N) is 1. The van der Waals surface area contributed by atoms with E-state index in [9.17, 15) is 0 Å². The first-order chi connectivity index (χ1) is 6.38. The highest BCUT2D eigenvalue weighted by molar-refractivity contribution is 5.69. The first-order valence-corrected chi connectivity index (χ1v) is 4.64. The molecule has 1 aromatic heterocycles. The first-order valence-electron chi connectivity index (χ1n) is 4.64. The van der Waals surface area contributed by atoms with E-state index in [0.29, 0.717) is 6.04 Å². The van der Waals surface area contributed by atoms with Crippen molar-refractivity contribution >= 4 is 0 Å². The van der Waals surface area contributed by atoms with E-state index in [2.05, 4.69) is 54.1 Å². The van der Waals surface area contributed by atoms with Gasteiger partial charge in [0, 0.05) is 17.5 Å². The molecular weight excluding hydrogens is 158 g/mol. The Bertz CT molecular complexity index is 454. The molecule has 2 aromatic rings. The van der Waals surface area contributed by atoms with Gasteiger partial charge in [0.15, 0.2) is 0 Å². The van der Waals surface area contributed by atoms with Crippen LogP contribution >= 0.6 is 0 Å². The fraction of sp³-hybridized carbons (Fsp3) is 0.167. The lowest BCUT2D eigenvalue weighted by Gasteiger charge is -2.06. The number of fused-ring (bicyclic) bond motifs is 3. The minimum absolute atomic E-state index is 0.501. The topological polar surface area (TPSA) is 4.93 Å². The predicted molar refractivity (Wildman–Crippen MR) is 53.7 cm³/mol. The maximum atomic E-state index is 2.32. The van der Waals surface area contributed by atoms with Crippen molar-refractivity contribution in [2.75, 3.05) is 0 Å². The van der Waals surface area contributed by atoms with Gasteiger partial charge >= 0.3 is 0 Å². The Morgan fingerprint density at radius 2 is 1.92 bits per heavy atom. The van der Waals surface area contributed by atoms with Crippen molar-refractivity contribution < 1.29 is 0 Å². The van der Waals surface area contributed by atoms with Gasteiger partial charge in [0.25, 0.3) is 0 Å². The third-order valence-corrected chi connectivity index (χ3v) is 2.88. The van der Waals surface area contributed by atoms with Crippen LogP contribution in [0.2, 0.25) is 0 Å². The van der Waals surface area contributed by atoms with E-state index in [1.807, 2.05) is 0 Å². The molecule has 0 amide bonds. The molecule has 1 aliphatic heterocycles. The van der Waals surface area contributed by atoms with Crippen LogP contribution in [-0.4, -0.2) is 4.57 Å². The van der Waals surface area contributed by atoms with Crippen molar-refractivity contribution in [2.45, 2.75) is 13.0 Å². The van der Waals surface area contributed by atoms with Gasteiger partial charge in [0.1, 0.15) is 0 Å². The zero-order valence-electron chi connectivity index (χ0n) is 7.57. The van der Waals surface area contributed by atoms with Crippen molar-refractivity contribution in [3.05, 3.63) is 48.2 Å². The quantitative estimate of drug-likeness (QED) is 0.571. The standard InChI is InChI=1S/C12H11N/c1-9-10-5-2-3-6-11(10)12-7-4-8-13(9)12/h2-9H,1H3/t9-/m1/s1. The number of rotatable bonds is 0. The molecule has 0 N–H and O–H groups in total. The van der Waals surface area contributed by atoms with Gasteiger partial charge in [-0.25, -0.2) is 0 Å². The maximum Gasteiger partial charge on any atom is 0.0564 e. The molecular formula is C12H11N. The van der Waals surface area contributed by atoms with Crippen molar-refractivity contribution in [1.29, 1.82) is 0 Å². The Kier molecular flexibility index (Phi) is 1.21. The monoisotopic (exact) mass is 169 g/mol. The van der Waals surface area contributed by atoms with E-state index in [0.717, 1.165) is 0 Å². The van der Waals surface area contributed by atoms with E-state index >= 15 is 0 Å². The Balaban J connectivity index is 2.37. The molecule has 0 spiro atoms. The van der Waals surface area contributed by atoms with Crippen molar-refractivity contribution in [1.82, 2.24) is 4.57 Å². The van der Waals surface area contributed by atoms with E-state index in [4.69, 9.17) is 0 Å². The summed E-state index contributed by atoms with van der Waals surface area (Å²) in [6.07, 6.45) is 2.15. The van der Waals surface area contributed by atoms with Gasteiger partial charge < -0.3 is 4.57 Å². The Morgan fingerprint density at radius 3 is 2.85 bits per heavy atom. The third kappa shape index (κ3) is 0.765. The zero-order chi connectivity index (χ0) is 8.84. The van der Waals surface area contributed by atoms with Gasteiger partial charge in [-0.3, -0.25) is 0 Å². The highest BCUT2D eigenvalue weighted by Crippen LogP contribution is 2.38. The lowest BCUT2D eigenvalue weighted by molar-refractivity contribution is 0.678. The Labute approximate surface area is 77.6 Å². The third-order valence-electron chi connectivity index (χ3n) is 2.88. The lowest BCUT2D eigenvalue weighted by Crippen LogP contribution is -1.97. The zero-order valence-corrected chi connectivity index (χ0v) is 7.57. The van der Waals surface area contributed by atoms with Crippen LogP contribution in [0.1, 0.15) is 18.5 Å². The second kappa shape index (κ2) is 2.25. The fourth-order valence-corrected chi connectivity index (χ4v) is 2.20. The number of benzene rings is 1. The van der Waals surface area contributed by atoms with Crippen molar-refractivity contribution in [3.8, 4) is 11.3 Å². The molecule has 64 valence electrons. The molecule has 2 heterocycles. The van der Waals surface area contributed by atoms with Gasteiger partial charge in [-0.15, -0.1) is 0 Å². The van der Waals surface area contributed by atoms with Crippen LogP contribution in [0.3, 0.4) is 0 Å². The fourth-order valence-electron chi connectivity index (χ4n) is 2.20. The average molecular weight is 169 g/mol. The second-order valence-corrected chi connectivity index (χ2v) is 3.56. The van der Waals surface area contributed by atoms with E-state index < -0.39 is 0 Å². The maximum absolute atomic E-state index is 2.32. The van der Waals surface area contributed by atoms with Gasteiger partial charge in [-0.05, 0) is 24.6 Å². The predicted octanol–water partition coefficient (Wildman–Crippen LogP) is 3.08. The summed E-state index contributed by atoms with van der Waals surface area (Å²) in [5, 5.41) is 0. The lowest BCUT2D eigenvalue weighted by atomic mass is 10.0. The van der Waals surface area contributed by atoms with Crippen LogP contribution in [0.25, 0.3) is 11.3 Å². The molecule has 1 aromatic carbocycles. The highest BCUT2D eigenvalue weighted by atomic mass is 15.0. The Morgan fingerprint density at radius 1 is 1.08 bits per heavy atom. The van der Waals surface area contributed by atoms with E-state index in [1.54, 1.807) is 0 Å². The van der Waals surface area contributed by atoms with Gasteiger partial charge in [-0.1, -0.05) is 24.3 Å². The molecule has 1 aliphatic rings. The molecule has 1 nitrogen and oxygen atoms in total. The number of aromatic nitrogens is 1. The largest absolute Gasteiger partial charge is 0.340 e. The summed E-state index contributed by atoms with van der Waals surface area (Å²) in [7, 11) is 0. The molecule has 0 aliphatic carbocycles. The van der Waals surface area contributed by atoms with Gasteiger partial charge in [0.05, 0.1) is 6.04 Å².